The van der Waals surface area contributed by atoms with E-state index in [2.05, 4.69) is 15.2 Å². The molecule has 5 heteroatoms. The maximum Gasteiger partial charge on any atom is 0.308 e. The highest BCUT2D eigenvalue weighted by atomic mass is 16.5. The summed E-state index contributed by atoms with van der Waals surface area (Å²) in [5.74, 6) is 3.95. The highest BCUT2D eigenvalue weighted by Gasteiger charge is 2.38. The molecule has 1 saturated heterocycles. The predicted molar refractivity (Wildman–Crippen MR) is 91.2 cm³/mol. The summed E-state index contributed by atoms with van der Waals surface area (Å²) < 4.78 is 4.85. The number of guanidine groups is 1. The number of ether oxygens (including phenoxy) is 1. The van der Waals surface area contributed by atoms with Gasteiger partial charge in [-0.15, -0.1) is 0 Å². The molecule has 130 valence electrons. The first-order valence-electron chi connectivity index (χ1n) is 9.24. The van der Waals surface area contributed by atoms with Gasteiger partial charge in [-0.05, 0) is 56.3 Å². The maximum absolute atomic E-state index is 11.6. The van der Waals surface area contributed by atoms with Crippen LogP contribution in [-0.2, 0) is 9.53 Å². The zero-order valence-electron chi connectivity index (χ0n) is 14.6. The Bertz CT molecular complexity index is 444. The molecule has 1 heterocycles. The van der Waals surface area contributed by atoms with Gasteiger partial charge in [0.1, 0.15) is 0 Å². The molecule has 0 aromatic heterocycles. The first kappa shape index (κ1) is 16.6. The second kappa shape index (κ2) is 7.54. The van der Waals surface area contributed by atoms with Crippen LogP contribution in [0.4, 0.5) is 0 Å². The van der Waals surface area contributed by atoms with Crippen LogP contribution in [0, 0.1) is 23.7 Å². The molecular weight excluding hydrogens is 290 g/mol. The van der Waals surface area contributed by atoms with E-state index in [4.69, 9.17) is 4.74 Å². The van der Waals surface area contributed by atoms with E-state index in [0.717, 1.165) is 56.2 Å². The highest BCUT2D eigenvalue weighted by Crippen LogP contribution is 2.49. The molecule has 23 heavy (non-hydrogen) atoms. The molecule has 1 N–H and O–H groups in total. The number of nitrogens with one attached hydrogen (secondary N) is 1. The van der Waals surface area contributed by atoms with Crippen LogP contribution in [0.5, 0.6) is 0 Å². The number of fused-ring (bicyclic) bond motifs is 2. The Morgan fingerprint density at radius 1 is 1.22 bits per heavy atom. The summed E-state index contributed by atoms with van der Waals surface area (Å²) in [6.07, 6.45) is 8.88. The number of nitrogens with zero attached hydrogens (tertiary/aromatic N) is 2. The van der Waals surface area contributed by atoms with E-state index in [9.17, 15) is 4.79 Å². The van der Waals surface area contributed by atoms with Crippen LogP contribution in [-0.4, -0.2) is 50.6 Å². The van der Waals surface area contributed by atoms with Crippen molar-refractivity contribution in [1.82, 2.24) is 10.2 Å². The quantitative estimate of drug-likeness (QED) is 0.490. The molecule has 3 fully saturated rings. The van der Waals surface area contributed by atoms with Gasteiger partial charge in [0.25, 0.3) is 0 Å². The number of hydrogen-bond acceptors (Lipinski definition) is 3. The van der Waals surface area contributed by atoms with Gasteiger partial charge >= 0.3 is 5.97 Å². The molecule has 1 aliphatic heterocycles. The van der Waals surface area contributed by atoms with Crippen molar-refractivity contribution in [3.8, 4) is 0 Å². The number of piperidine rings is 1. The lowest BCUT2D eigenvalue weighted by molar-refractivity contribution is -0.146. The van der Waals surface area contributed by atoms with Gasteiger partial charge in [0, 0.05) is 26.7 Å². The molecule has 3 aliphatic rings. The lowest BCUT2D eigenvalue weighted by Crippen LogP contribution is -2.47. The normalized spacial score (nSPS) is 31.5. The molecule has 2 saturated carbocycles. The van der Waals surface area contributed by atoms with Crippen LogP contribution in [0.3, 0.4) is 0 Å². The molecule has 0 radical (unpaired) electrons. The van der Waals surface area contributed by atoms with Gasteiger partial charge in [-0.1, -0.05) is 6.42 Å². The molecule has 0 amide bonds. The third-order valence-corrected chi connectivity index (χ3v) is 6.22. The van der Waals surface area contributed by atoms with Crippen molar-refractivity contribution in [2.24, 2.45) is 28.7 Å². The molecule has 3 rings (SSSR count). The van der Waals surface area contributed by atoms with Crippen molar-refractivity contribution in [3.63, 3.8) is 0 Å². The SMILES string of the molecule is CN=C(NCCC1CC2CCC1C2)N1CCC(C(=O)OC)CC1. The Balaban J connectivity index is 1.39. The Kier molecular flexibility index (Phi) is 5.44. The highest BCUT2D eigenvalue weighted by molar-refractivity contribution is 5.80. The molecule has 0 aromatic carbocycles. The fourth-order valence-corrected chi connectivity index (χ4v) is 4.93. The minimum atomic E-state index is -0.0658. The van der Waals surface area contributed by atoms with Gasteiger partial charge in [0.2, 0.25) is 0 Å². The van der Waals surface area contributed by atoms with Crippen molar-refractivity contribution in [3.05, 3.63) is 0 Å². The second-order valence-corrected chi connectivity index (χ2v) is 7.48. The van der Waals surface area contributed by atoms with Gasteiger partial charge in [0.15, 0.2) is 5.96 Å². The average Bonchev–Trinajstić information content (AvgIpc) is 3.21. The van der Waals surface area contributed by atoms with Gasteiger partial charge < -0.3 is 15.0 Å². The van der Waals surface area contributed by atoms with E-state index in [1.54, 1.807) is 0 Å². The van der Waals surface area contributed by atoms with Crippen LogP contribution < -0.4 is 5.32 Å². The Labute approximate surface area is 139 Å². The summed E-state index contributed by atoms with van der Waals surface area (Å²) in [4.78, 5) is 18.3. The molecule has 3 atom stereocenters. The summed E-state index contributed by atoms with van der Waals surface area (Å²) in [5, 5.41) is 3.54. The van der Waals surface area contributed by atoms with Gasteiger partial charge in [-0.2, -0.15) is 0 Å². The molecule has 0 aromatic rings. The minimum Gasteiger partial charge on any atom is -0.469 e. The molecule has 3 unspecified atom stereocenters. The minimum absolute atomic E-state index is 0.0587. The van der Waals surface area contributed by atoms with Crippen molar-refractivity contribution < 1.29 is 9.53 Å². The van der Waals surface area contributed by atoms with E-state index >= 15 is 0 Å². The third kappa shape index (κ3) is 3.81. The van der Waals surface area contributed by atoms with Gasteiger partial charge in [0.05, 0.1) is 13.0 Å². The topological polar surface area (TPSA) is 53.9 Å². The Morgan fingerprint density at radius 2 is 2.00 bits per heavy atom. The number of aliphatic imine (C=N–C) groups is 1. The molecular formula is C18H31N3O2. The summed E-state index contributed by atoms with van der Waals surface area (Å²) in [5.41, 5.74) is 0. The number of rotatable bonds is 4. The number of hydrogen-bond donors (Lipinski definition) is 1. The lowest BCUT2D eigenvalue weighted by atomic mass is 9.86. The number of likely N-dealkylation sites (tertiary alicyclic amines) is 1. The Hall–Kier alpha value is -1.26. The van der Waals surface area contributed by atoms with Crippen molar-refractivity contribution in [1.29, 1.82) is 0 Å². The van der Waals surface area contributed by atoms with Crippen LogP contribution in [0.25, 0.3) is 0 Å². The largest absolute Gasteiger partial charge is 0.469 e. The molecule has 0 spiro atoms. The fourth-order valence-electron chi connectivity index (χ4n) is 4.93. The smallest absolute Gasteiger partial charge is 0.308 e. The molecule has 2 bridgehead atoms. The van der Waals surface area contributed by atoms with Crippen molar-refractivity contribution in [2.75, 3.05) is 33.8 Å². The van der Waals surface area contributed by atoms with E-state index in [-0.39, 0.29) is 11.9 Å². The van der Waals surface area contributed by atoms with E-state index in [0.29, 0.717) is 0 Å². The van der Waals surface area contributed by atoms with Gasteiger partial charge in [-0.3, -0.25) is 9.79 Å². The van der Waals surface area contributed by atoms with E-state index in [1.807, 2.05) is 7.05 Å². The summed E-state index contributed by atoms with van der Waals surface area (Å²) in [7, 11) is 3.33. The zero-order chi connectivity index (χ0) is 16.2. The molecule has 5 nitrogen and oxygen atoms in total. The number of methoxy groups -OCH3 is 1. The average molecular weight is 321 g/mol. The molecule has 2 aliphatic carbocycles. The zero-order valence-corrected chi connectivity index (χ0v) is 14.6. The summed E-state index contributed by atoms with van der Waals surface area (Å²) in [6, 6.07) is 0. The fraction of sp³-hybridized carbons (Fsp3) is 0.889. The van der Waals surface area contributed by atoms with Crippen LogP contribution in [0.1, 0.15) is 44.9 Å². The summed E-state index contributed by atoms with van der Waals surface area (Å²) >= 11 is 0. The Morgan fingerprint density at radius 3 is 2.57 bits per heavy atom. The number of carbonyl (C=O) groups is 1. The van der Waals surface area contributed by atoms with Gasteiger partial charge in [-0.25, -0.2) is 0 Å². The monoisotopic (exact) mass is 321 g/mol. The van der Waals surface area contributed by atoms with E-state index < -0.39 is 0 Å². The standard InChI is InChI=1S/C18H31N3O2/c1-19-18(21-9-6-14(7-10-21)17(22)23-2)20-8-5-16-12-13-3-4-15(16)11-13/h13-16H,3-12H2,1-2H3,(H,19,20). The van der Waals surface area contributed by atoms with Crippen LogP contribution in [0.15, 0.2) is 4.99 Å². The second-order valence-electron chi connectivity index (χ2n) is 7.48. The lowest BCUT2D eigenvalue weighted by Gasteiger charge is -2.33. The summed E-state index contributed by atoms with van der Waals surface area (Å²) in [6.45, 7) is 2.79. The van der Waals surface area contributed by atoms with Crippen LogP contribution in [0.2, 0.25) is 0 Å². The number of carbonyl (C=O) groups excluding carboxylic acids is 1. The first-order valence-corrected chi connectivity index (χ1v) is 9.24. The first-order chi connectivity index (χ1) is 11.2. The van der Waals surface area contributed by atoms with Crippen molar-refractivity contribution >= 4 is 11.9 Å². The maximum atomic E-state index is 11.6. The predicted octanol–water partition coefficient (Wildman–Crippen LogP) is 2.27. The van der Waals surface area contributed by atoms with E-state index in [1.165, 1.54) is 39.2 Å². The number of esters is 1. The van der Waals surface area contributed by atoms with Crippen LogP contribution >= 0.6 is 0 Å². The third-order valence-electron chi connectivity index (χ3n) is 6.22. The van der Waals surface area contributed by atoms with Crippen molar-refractivity contribution in [2.45, 2.75) is 44.9 Å².